The van der Waals surface area contributed by atoms with E-state index in [9.17, 15) is 22.8 Å². The van der Waals surface area contributed by atoms with E-state index in [0.717, 1.165) is 11.8 Å². The number of fused-ring (bicyclic) bond motifs is 1. The van der Waals surface area contributed by atoms with Crippen molar-refractivity contribution in [1.82, 2.24) is 19.3 Å². The second-order valence-electron chi connectivity index (χ2n) is 5.35. The van der Waals surface area contributed by atoms with Gasteiger partial charge in [0.2, 0.25) is 5.16 Å². The van der Waals surface area contributed by atoms with Crippen LogP contribution >= 0.6 is 23.4 Å². The van der Waals surface area contributed by atoms with Gasteiger partial charge in [-0.05, 0) is 19.8 Å². The lowest BCUT2D eigenvalue weighted by Crippen LogP contribution is -2.42. The van der Waals surface area contributed by atoms with Crippen LogP contribution in [0.25, 0.3) is 0 Å². The van der Waals surface area contributed by atoms with Crippen LogP contribution < -0.4 is 10.4 Å². The fraction of sp³-hybridized carbons (Fsp3) is 0.429. The van der Waals surface area contributed by atoms with Crippen molar-refractivity contribution >= 4 is 29.3 Å². The number of alkyl halides is 3. The molecule has 0 saturated heterocycles. The number of aromatic nitrogens is 4. The number of carbonyl (C=O) groups is 1. The van der Waals surface area contributed by atoms with E-state index >= 15 is 0 Å². The van der Waals surface area contributed by atoms with Crippen LogP contribution in [0.5, 0.6) is 0 Å². The minimum Gasteiger partial charge on any atom is -0.322 e. The molecule has 2 aromatic rings. The van der Waals surface area contributed by atoms with E-state index in [4.69, 9.17) is 11.6 Å². The zero-order valence-corrected chi connectivity index (χ0v) is 14.9. The molecule has 0 bridgehead atoms. The van der Waals surface area contributed by atoms with Gasteiger partial charge in [0, 0.05) is 17.9 Å². The third-order valence-electron chi connectivity index (χ3n) is 3.73. The standard InChI is InChI=1S/C14H12ClF3N4O3S/c1-2-21-6-19-9(10(21)15)5-26-13-20-8-4-3-7(8)11(23)22(13)25-12(24)14(16,17)18/h6H,2-5H2,1H3. The van der Waals surface area contributed by atoms with Crippen molar-refractivity contribution in [2.75, 3.05) is 0 Å². The van der Waals surface area contributed by atoms with Gasteiger partial charge in [-0.2, -0.15) is 13.2 Å². The number of halogens is 4. The Balaban J connectivity index is 1.89. The summed E-state index contributed by atoms with van der Waals surface area (Å²) in [6.45, 7) is 2.47. The molecule has 0 aromatic carbocycles. The summed E-state index contributed by atoms with van der Waals surface area (Å²) in [5, 5.41) is 0.221. The van der Waals surface area contributed by atoms with Crippen molar-refractivity contribution in [3.05, 3.63) is 38.8 Å². The molecule has 0 saturated carbocycles. The van der Waals surface area contributed by atoms with Crippen LogP contribution in [0.3, 0.4) is 0 Å². The Labute approximate surface area is 154 Å². The highest BCUT2D eigenvalue weighted by Crippen LogP contribution is 2.27. The quantitative estimate of drug-likeness (QED) is 0.556. The first-order valence-corrected chi connectivity index (χ1v) is 8.85. The minimum atomic E-state index is -5.23. The van der Waals surface area contributed by atoms with Gasteiger partial charge in [0.15, 0.2) is 0 Å². The van der Waals surface area contributed by atoms with E-state index in [0.29, 0.717) is 40.7 Å². The van der Waals surface area contributed by atoms with Gasteiger partial charge in [0.05, 0.1) is 17.7 Å². The first kappa shape index (κ1) is 18.8. The summed E-state index contributed by atoms with van der Waals surface area (Å²) < 4.78 is 39.4. The van der Waals surface area contributed by atoms with E-state index < -0.39 is 17.7 Å². The molecule has 0 atom stereocenters. The Morgan fingerprint density at radius 1 is 1.42 bits per heavy atom. The highest BCUT2D eigenvalue weighted by atomic mass is 35.5. The molecule has 0 radical (unpaired) electrons. The largest absolute Gasteiger partial charge is 0.493 e. The van der Waals surface area contributed by atoms with E-state index in [2.05, 4.69) is 14.8 Å². The van der Waals surface area contributed by atoms with Crippen molar-refractivity contribution in [2.45, 2.75) is 43.4 Å². The molecule has 1 aliphatic carbocycles. The molecule has 26 heavy (non-hydrogen) atoms. The van der Waals surface area contributed by atoms with Crippen LogP contribution in [0.2, 0.25) is 5.15 Å². The molecule has 2 heterocycles. The molecule has 0 spiro atoms. The lowest BCUT2D eigenvalue weighted by Gasteiger charge is -2.20. The summed E-state index contributed by atoms with van der Waals surface area (Å²) in [7, 11) is 0. The molecule has 1 aliphatic rings. The normalized spacial score (nSPS) is 13.3. The molecule has 12 heteroatoms. The number of thioether (sulfide) groups is 1. The Kier molecular flexibility index (Phi) is 5.02. The third kappa shape index (κ3) is 3.45. The van der Waals surface area contributed by atoms with E-state index in [-0.39, 0.29) is 16.5 Å². The summed E-state index contributed by atoms with van der Waals surface area (Å²) >= 11 is 7.05. The average molecular weight is 409 g/mol. The Hall–Kier alpha value is -2.01. The fourth-order valence-electron chi connectivity index (χ4n) is 2.25. The molecule has 2 aromatic heterocycles. The SMILES string of the molecule is CCn1cnc(CSc2nc3c(c(=O)n2OC(=O)C(F)(F)F)CC3)c1Cl. The molecule has 0 aliphatic heterocycles. The second-order valence-corrected chi connectivity index (χ2v) is 6.65. The predicted molar refractivity (Wildman–Crippen MR) is 86.0 cm³/mol. The van der Waals surface area contributed by atoms with Crippen molar-refractivity contribution in [2.24, 2.45) is 0 Å². The van der Waals surface area contributed by atoms with E-state index in [1.165, 1.54) is 6.33 Å². The van der Waals surface area contributed by atoms with Gasteiger partial charge in [-0.1, -0.05) is 23.4 Å². The van der Waals surface area contributed by atoms with Gasteiger partial charge in [0.1, 0.15) is 5.15 Å². The highest BCUT2D eigenvalue weighted by molar-refractivity contribution is 7.98. The van der Waals surface area contributed by atoms with Crippen molar-refractivity contribution in [3.63, 3.8) is 0 Å². The lowest BCUT2D eigenvalue weighted by atomic mass is 9.96. The lowest BCUT2D eigenvalue weighted by molar-refractivity contribution is -0.201. The number of aryl methyl sites for hydroxylation is 2. The first-order chi connectivity index (χ1) is 12.2. The molecular formula is C14H12ClF3N4O3S. The Morgan fingerprint density at radius 2 is 2.15 bits per heavy atom. The van der Waals surface area contributed by atoms with Crippen LogP contribution in [0.1, 0.15) is 23.9 Å². The zero-order chi connectivity index (χ0) is 19.1. The average Bonchev–Trinajstić information content (AvgIpc) is 2.90. The summed E-state index contributed by atoms with van der Waals surface area (Å²) in [5.41, 5.74) is 0.398. The smallest absolute Gasteiger partial charge is 0.322 e. The molecular weight excluding hydrogens is 397 g/mol. The van der Waals surface area contributed by atoms with E-state index in [1.807, 2.05) is 6.92 Å². The van der Waals surface area contributed by atoms with E-state index in [1.54, 1.807) is 4.57 Å². The van der Waals surface area contributed by atoms with Crippen LogP contribution in [0.4, 0.5) is 13.2 Å². The maximum atomic E-state index is 12.5. The van der Waals surface area contributed by atoms with Gasteiger partial charge >= 0.3 is 12.1 Å². The molecule has 140 valence electrons. The molecule has 3 rings (SSSR count). The van der Waals surface area contributed by atoms with Crippen molar-refractivity contribution < 1.29 is 22.8 Å². The van der Waals surface area contributed by atoms with Gasteiger partial charge in [-0.3, -0.25) is 4.79 Å². The highest BCUT2D eigenvalue weighted by Gasteiger charge is 2.43. The molecule has 0 unspecified atom stereocenters. The number of nitrogens with zero attached hydrogens (tertiary/aromatic N) is 4. The Bertz CT molecular complexity index is 925. The maximum Gasteiger partial charge on any atom is 0.493 e. The van der Waals surface area contributed by atoms with Gasteiger partial charge in [0.25, 0.3) is 5.56 Å². The molecule has 0 fully saturated rings. The van der Waals surface area contributed by atoms with Crippen LogP contribution in [-0.4, -0.2) is 31.4 Å². The minimum absolute atomic E-state index is 0.140. The summed E-state index contributed by atoms with van der Waals surface area (Å²) in [6, 6.07) is 0. The first-order valence-electron chi connectivity index (χ1n) is 7.49. The van der Waals surface area contributed by atoms with Crippen LogP contribution in [0, 0.1) is 0 Å². The fourth-order valence-corrected chi connectivity index (χ4v) is 3.50. The van der Waals surface area contributed by atoms with Gasteiger partial charge in [-0.25, -0.2) is 14.8 Å². The number of hydrogen-bond donors (Lipinski definition) is 0. The summed E-state index contributed by atoms with van der Waals surface area (Å²) in [5.74, 6) is -2.35. The molecule has 0 amide bonds. The summed E-state index contributed by atoms with van der Waals surface area (Å²) in [4.78, 5) is 35.9. The van der Waals surface area contributed by atoms with Crippen LogP contribution in [-0.2, 0) is 29.9 Å². The zero-order valence-electron chi connectivity index (χ0n) is 13.3. The second kappa shape index (κ2) is 6.95. The van der Waals surface area contributed by atoms with Crippen LogP contribution in [0.15, 0.2) is 16.3 Å². The topological polar surface area (TPSA) is 79.0 Å². The Morgan fingerprint density at radius 3 is 2.69 bits per heavy atom. The van der Waals surface area contributed by atoms with Gasteiger partial charge in [-0.15, -0.1) is 4.73 Å². The molecule has 0 N–H and O–H groups in total. The number of rotatable bonds is 5. The molecule has 7 nitrogen and oxygen atoms in total. The van der Waals surface area contributed by atoms with Gasteiger partial charge < -0.3 is 9.40 Å². The van der Waals surface area contributed by atoms with Crippen molar-refractivity contribution in [1.29, 1.82) is 0 Å². The third-order valence-corrected chi connectivity index (χ3v) is 5.10. The monoisotopic (exact) mass is 408 g/mol. The number of hydrogen-bond acceptors (Lipinski definition) is 6. The predicted octanol–water partition coefficient (Wildman–Crippen LogP) is 2.02. The number of carbonyl (C=O) groups excluding carboxylic acids is 1. The van der Waals surface area contributed by atoms with Crippen molar-refractivity contribution in [3.8, 4) is 0 Å². The maximum absolute atomic E-state index is 12.5. The number of imidazole rings is 1. The summed E-state index contributed by atoms with van der Waals surface area (Å²) in [6.07, 6.45) is -2.78.